The lowest BCUT2D eigenvalue weighted by atomic mass is 9.98. The highest BCUT2D eigenvalue weighted by Gasteiger charge is 2.30. The van der Waals surface area contributed by atoms with Crippen molar-refractivity contribution >= 4 is 11.9 Å². The number of ether oxygens (including phenoxy) is 1. The fraction of sp³-hybridized carbons (Fsp3) is 0.625. The van der Waals surface area contributed by atoms with Crippen LogP contribution in [0, 0.1) is 5.92 Å². The maximum Gasteiger partial charge on any atom is 0.310 e. The molecular formula is C16H24N2O3. The van der Waals surface area contributed by atoms with Crippen LogP contribution in [0.25, 0.3) is 0 Å². The predicted molar refractivity (Wildman–Crippen MR) is 80.1 cm³/mol. The molecule has 1 unspecified atom stereocenters. The minimum atomic E-state index is -0.190. The Morgan fingerprint density at radius 3 is 2.86 bits per heavy atom. The molecule has 0 aromatic carbocycles. The number of likely N-dealkylation sites (tertiary alicyclic amines) is 1. The number of esters is 1. The fourth-order valence-corrected chi connectivity index (χ4v) is 2.80. The van der Waals surface area contributed by atoms with Gasteiger partial charge in [0.1, 0.15) is 5.69 Å². The molecule has 21 heavy (non-hydrogen) atoms. The van der Waals surface area contributed by atoms with Crippen LogP contribution >= 0.6 is 0 Å². The van der Waals surface area contributed by atoms with Gasteiger partial charge in [-0.15, -0.1) is 0 Å². The average Bonchev–Trinajstić information content (AvgIpc) is 2.96. The van der Waals surface area contributed by atoms with Gasteiger partial charge in [0, 0.05) is 25.3 Å². The molecule has 0 N–H and O–H groups in total. The second-order valence-corrected chi connectivity index (χ2v) is 5.74. The Morgan fingerprint density at radius 1 is 1.43 bits per heavy atom. The van der Waals surface area contributed by atoms with Crippen molar-refractivity contribution in [2.45, 2.75) is 39.7 Å². The average molecular weight is 292 g/mol. The Morgan fingerprint density at radius 2 is 2.19 bits per heavy atom. The summed E-state index contributed by atoms with van der Waals surface area (Å²) in [5.74, 6) is -0.373. The van der Waals surface area contributed by atoms with E-state index >= 15 is 0 Å². The van der Waals surface area contributed by atoms with E-state index in [1.165, 1.54) is 0 Å². The standard InChI is InChI=1S/C16H24N2O3/c1-4-21-16(20)13-7-5-9-17(11-13)15(19)14-8-6-10-18(14)12(2)3/h6,8,10,12-13H,4-5,7,9,11H2,1-3H3. The zero-order valence-corrected chi connectivity index (χ0v) is 13.0. The molecule has 1 aliphatic rings. The number of carbonyl (C=O) groups excluding carboxylic acids is 2. The number of carbonyl (C=O) groups is 2. The van der Waals surface area contributed by atoms with E-state index in [1.807, 2.05) is 22.9 Å². The van der Waals surface area contributed by atoms with Crippen LogP contribution in [-0.2, 0) is 9.53 Å². The van der Waals surface area contributed by atoms with Gasteiger partial charge in [-0.3, -0.25) is 9.59 Å². The van der Waals surface area contributed by atoms with Crippen molar-refractivity contribution in [3.8, 4) is 0 Å². The minimum Gasteiger partial charge on any atom is -0.466 e. The third-order valence-electron chi connectivity index (χ3n) is 3.88. The van der Waals surface area contributed by atoms with Gasteiger partial charge in [-0.05, 0) is 45.7 Å². The summed E-state index contributed by atoms with van der Waals surface area (Å²) in [6.45, 7) is 7.46. The summed E-state index contributed by atoms with van der Waals surface area (Å²) in [5.41, 5.74) is 0.689. The lowest BCUT2D eigenvalue weighted by Gasteiger charge is -2.32. The molecule has 116 valence electrons. The summed E-state index contributed by atoms with van der Waals surface area (Å²) < 4.78 is 7.05. The van der Waals surface area contributed by atoms with Crippen LogP contribution in [0.1, 0.15) is 50.1 Å². The second-order valence-electron chi connectivity index (χ2n) is 5.74. The van der Waals surface area contributed by atoms with Crippen LogP contribution < -0.4 is 0 Å². The summed E-state index contributed by atoms with van der Waals surface area (Å²) in [4.78, 5) is 26.3. The normalized spacial score (nSPS) is 18.9. The molecule has 1 saturated heterocycles. The van der Waals surface area contributed by atoms with Crippen LogP contribution in [0.3, 0.4) is 0 Å². The van der Waals surface area contributed by atoms with E-state index < -0.39 is 0 Å². The summed E-state index contributed by atoms with van der Waals surface area (Å²) >= 11 is 0. The van der Waals surface area contributed by atoms with Crippen molar-refractivity contribution < 1.29 is 14.3 Å². The van der Waals surface area contributed by atoms with E-state index in [9.17, 15) is 9.59 Å². The maximum absolute atomic E-state index is 12.7. The quantitative estimate of drug-likeness (QED) is 0.801. The number of rotatable bonds is 4. The fourth-order valence-electron chi connectivity index (χ4n) is 2.80. The van der Waals surface area contributed by atoms with Crippen LogP contribution in [0.2, 0.25) is 0 Å². The van der Waals surface area contributed by atoms with Crippen LogP contribution in [0.15, 0.2) is 18.3 Å². The Hall–Kier alpha value is -1.78. The van der Waals surface area contributed by atoms with Gasteiger partial charge < -0.3 is 14.2 Å². The van der Waals surface area contributed by atoms with E-state index in [2.05, 4.69) is 13.8 Å². The zero-order valence-electron chi connectivity index (χ0n) is 13.0. The first kappa shape index (κ1) is 15.6. The third kappa shape index (κ3) is 3.46. The van der Waals surface area contributed by atoms with Gasteiger partial charge >= 0.3 is 5.97 Å². The zero-order chi connectivity index (χ0) is 15.4. The monoisotopic (exact) mass is 292 g/mol. The van der Waals surface area contributed by atoms with Crippen molar-refractivity contribution in [2.75, 3.05) is 19.7 Å². The molecule has 1 amide bonds. The van der Waals surface area contributed by atoms with Gasteiger partial charge in [-0.2, -0.15) is 0 Å². The Labute approximate surface area is 125 Å². The first-order valence-corrected chi connectivity index (χ1v) is 7.67. The Balaban J connectivity index is 2.08. The van der Waals surface area contributed by atoms with E-state index in [4.69, 9.17) is 4.74 Å². The molecule has 0 aliphatic carbocycles. The lowest BCUT2D eigenvalue weighted by molar-refractivity contribution is -0.149. The van der Waals surface area contributed by atoms with Gasteiger partial charge in [0.2, 0.25) is 0 Å². The number of amides is 1. The van der Waals surface area contributed by atoms with E-state index in [0.717, 1.165) is 12.8 Å². The maximum atomic E-state index is 12.7. The molecule has 0 bridgehead atoms. The number of hydrogen-bond acceptors (Lipinski definition) is 3. The molecule has 2 rings (SSSR count). The smallest absolute Gasteiger partial charge is 0.310 e. The lowest BCUT2D eigenvalue weighted by Crippen LogP contribution is -2.43. The highest BCUT2D eigenvalue weighted by molar-refractivity contribution is 5.93. The summed E-state index contributed by atoms with van der Waals surface area (Å²) in [7, 11) is 0. The summed E-state index contributed by atoms with van der Waals surface area (Å²) in [6, 6.07) is 3.97. The number of piperidine rings is 1. The number of hydrogen-bond donors (Lipinski definition) is 0. The van der Waals surface area contributed by atoms with E-state index in [-0.39, 0.29) is 23.8 Å². The van der Waals surface area contributed by atoms with Crippen molar-refractivity contribution in [3.63, 3.8) is 0 Å². The SMILES string of the molecule is CCOC(=O)C1CCCN(C(=O)c2cccn2C(C)C)C1. The minimum absolute atomic E-state index is 0.00250. The number of aromatic nitrogens is 1. The van der Waals surface area contributed by atoms with Crippen LogP contribution in [-0.4, -0.2) is 41.0 Å². The third-order valence-corrected chi connectivity index (χ3v) is 3.88. The Kier molecular flexibility index (Phi) is 5.04. The van der Waals surface area contributed by atoms with Gasteiger partial charge in [-0.25, -0.2) is 0 Å². The second kappa shape index (κ2) is 6.78. The van der Waals surface area contributed by atoms with Gasteiger partial charge in [-0.1, -0.05) is 0 Å². The topological polar surface area (TPSA) is 51.5 Å². The first-order valence-electron chi connectivity index (χ1n) is 7.67. The molecule has 1 aliphatic heterocycles. The summed E-state index contributed by atoms with van der Waals surface area (Å²) in [6.07, 6.45) is 3.57. The highest BCUT2D eigenvalue weighted by atomic mass is 16.5. The molecule has 1 atom stereocenters. The van der Waals surface area contributed by atoms with Gasteiger partial charge in [0.05, 0.1) is 12.5 Å². The first-order chi connectivity index (χ1) is 10.0. The Bertz CT molecular complexity index is 507. The van der Waals surface area contributed by atoms with Gasteiger partial charge in [0.15, 0.2) is 0 Å². The van der Waals surface area contributed by atoms with Crippen molar-refractivity contribution in [1.82, 2.24) is 9.47 Å². The molecule has 0 spiro atoms. The molecule has 2 heterocycles. The van der Waals surface area contributed by atoms with Crippen LogP contribution in [0.4, 0.5) is 0 Å². The predicted octanol–water partition coefficient (Wildman–Crippen LogP) is 2.48. The van der Waals surface area contributed by atoms with Crippen molar-refractivity contribution in [2.24, 2.45) is 5.92 Å². The molecule has 1 aromatic heterocycles. The molecule has 5 heteroatoms. The highest BCUT2D eigenvalue weighted by Crippen LogP contribution is 2.21. The molecule has 0 saturated carbocycles. The van der Waals surface area contributed by atoms with Crippen LogP contribution in [0.5, 0.6) is 0 Å². The van der Waals surface area contributed by atoms with Crippen molar-refractivity contribution in [1.29, 1.82) is 0 Å². The molecular weight excluding hydrogens is 268 g/mol. The molecule has 1 fully saturated rings. The summed E-state index contributed by atoms with van der Waals surface area (Å²) in [5, 5.41) is 0. The van der Waals surface area contributed by atoms with E-state index in [0.29, 0.717) is 25.4 Å². The van der Waals surface area contributed by atoms with Crippen molar-refractivity contribution in [3.05, 3.63) is 24.0 Å². The largest absolute Gasteiger partial charge is 0.466 e. The number of nitrogens with zero attached hydrogens (tertiary/aromatic N) is 2. The van der Waals surface area contributed by atoms with Gasteiger partial charge in [0.25, 0.3) is 5.91 Å². The molecule has 1 aromatic rings. The van der Waals surface area contributed by atoms with E-state index in [1.54, 1.807) is 11.8 Å². The molecule has 0 radical (unpaired) electrons. The molecule has 5 nitrogen and oxygen atoms in total.